The second kappa shape index (κ2) is 4.42. The quantitative estimate of drug-likeness (QED) is 0.755. The number of rotatable bonds is 2. The monoisotopic (exact) mass is 268 g/mol. The highest BCUT2D eigenvalue weighted by atomic mass is 15.3. The summed E-state index contributed by atoms with van der Waals surface area (Å²) in [6, 6.07) is 6.03. The molecule has 0 fully saturated rings. The molecule has 6 nitrogen and oxygen atoms in total. The molecule has 6 heteroatoms. The number of nitrogens with zero attached hydrogens (tertiary/aromatic N) is 5. The first kappa shape index (κ1) is 11.6. The molecule has 0 saturated carbocycles. The Kier molecular flexibility index (Phi) is 2.56. The van der Waals surface area contributed by atoms with Gasteiger partial charge < -0.3 is 10.3 Å². The van der Waals surface area contributed by atoms with Crippen LogP contribution in [-0.4, -0.2) is 30.9 Å². The van der Waals surface area contributed by atoms with E-state index in [9.17, 15) is 0 Å². The molecule has 1 aliphatic rings. The number of hydrogen-bond donors (Lipinski definition) is 1. The largest absolute Gasteiger partial charge is 0.330 e. The molecule has 2 N–H and O–H groups in total. The number of hydrogen-bond acceptors (Lipinski definition) is 4. The summed E-state index contributed by atoms with van der Waals surface area (Å²) in [6.45, 7) is 1.62. The minimum absolute atomic E-state index is 0.513. The lowest BCUT2D eigenvalue weighted by atomic mass is 9.99. The highest BCUT2D eigenvalue weighted by Crippen LogP contribution is 2.27. The van der Waals surface area contributed by atoms with Gasteiger partial charge in [-0.05, 0) is 31.0 Å². The van der Waals surface area contributed by atoms with Crippen LogP contribution in [0.2, 0.25) is 0 Å². The number of aryl methyl sites for hydroxylation is 1. The summed E-state index contributed by atoms with van der Waals surface area (Å²) in [4.78, 5) is 0. The number of nitrogens with two attached hydrogens (primary N) is 1. The van der Waals surface area contributed by atoms with Crippen LogP contribution in [0.5, 0.6) is 0 Å². The van der Waals surface area contributed by atoms with Gasteiger partial charge in [-0.2, -0.15) is 5.10 Å². The lowest BCUT2D eigenvalue weighted by Crippen LogP contribution is -2.26. The van der Waals surface area contributed by atoms with Crippen LogP contribution in [0, 0.1) is 5.92 Å². The van der Waals surface area contributed by atoms with Crippen LogP contribution in [0.25, 0.3) is 16.9 Å². The first-order valence-electron chi connectivity index (χ1n) is 6.91. The first-order valence-corrected chi connectivity index (χ1v) is 6.91. The second-order valence-electron chi connectivity index (χ2n) is 5.28. The average molecular weight is 268 g/mol. The van der Waals surface area contributed by atoms with Gasteiger partial charge in [-0.3, -0.25) is 0 Å². The van der Waals surface area contributed by atoms with Crippen molar-refractivity contribution in [1.82, 2.24) is 24.4 Å². The van der Waals surface area contributed by atoms with Crippen molar-refractivity contribution in [2.24, 2.45) is 11.7 Å². The molecule has 1 atom stereocenters. The molecule has 0 aromatic carbocycles. The molecule has 0 spiro atoms. The van der Waals surface area contributed by atoms with Crippen LogP contribution in [0.3, 0.4) is 0 Å². The van der Waals surface area contributed by atoms with E-state index >= 15 is 0 Å². The van der Waals surface area contributed by atoms with Gasteiger partial charge in [0.1, 0.15) is 5.82 Å². The molecule has 3 aromatic heterocycles. The molecular formula is C14H16N6. The van der Waals surface area contributed by atoms with Gasteiger partial charge in [-0.1, -0.05) is 6.07 Å². The summed E-state index contributed by atoms with van der Waals surface area (Å²) in [5.41, 5.74) is 7.90. The molecule has 0 bridgehead atoms. The van der Waals surface area contributed by atoms with E-state index in [0.29, 0.717) is 12.5 Å². The molecule has 1 unspecified atom stereocenters. The Balaban J connectivity index is 1.85. The summed E-state index contributed by atoms with van der Waals surface area (Å²) in [5.74, 6) is 2.47. The number of pyridine rings is 1. The van der Waals surface area contributed by atoms with Crippen molar-refractivity contribution >= 4 is 5.52 Å². The van der Waals surface area contributed by atoms with Gasteiger partial charge in [-0.15, -0.1) is 10.2 Å². The Labute approximate surface area is 116 Å². The van der Waals surface area contributed by atoms with Crippen LogP contribution in [0.4, 0.5) is 0 Å². The Morgan fingerprint density at radius 1 is 1.30 bits per heavy atom. The third kappa shape index (κ3) is 1.65. The molecule has 3 aromatic rings. The average Bonchev–Trinajstić information content (AvgIpc) is 3.09. The molecule has 0 amide bonds. The molecule has 102 valence electrons. The molecule has 1 aliphatic heterocycles. The van der Waals surface area contributed by atoms with Gasteiger partial charge in [-0.25, -0.2) is 4.52 Å². The van der Waals surface area contributed by atoms with E-state index in [4.69, 9.17) is 5.73 Å². The summed E-state index contributed by atoms with van der Waals surface area (Å²) in [6.07, 6.45) is 5.85. The SMILES string of the molecule is NCC1CCc2nnc(-c3cnn4ccccc34)n2C1. The maximum atomic E-state index is 5.82. The Morgan fingerprint density at radius 2 is 2.25 bits per heavy atom. The summed E-state index contributed by atoms with van der Waals surface area (Å²) in [5, 5.41) is 13.1. The Morgan fingerprint density at radius 3 is 3.15 bits per heavy atom. The molecule has 4 rings (SSSR count). The van der Waals surface area contributed by atoms with Gasteiger partial charge in [0.25, 0.3) is 0 Å². The van der Waals surface area contributed by atoms with Crippen molar-refractivity contribution in [3.05, 3.63) is 36.4 Å². The van der Waals surface area contributed by atoms with Crippen molar-refractivity contribution in [2.45, 2.75) is 19.4 Å². The number of fused-ring (bicyclic) bond motifs is 2. The predicted molar refractivity (Wildman–Crippen MR) is 75.1 cm³/mol. The van der Waals surface area contributed by atoms with Gasteiger partial charge in [0.05, 0.1) is 17.3 Å². The molecule has 0 aliphatic carbocycles. The van der Waals surface area contributed by atoms with Gasteiger partial charge in [0, 0.05) is 19.2 Å². The van der Waals surface area contributed by atoms with Crippen LogP contribution < -0.4 is 5.73 Å². The van der Waals surface area contributed by atoms with E-state index in [1.807, 2.05) is 35.1 Å². The van der Waals surface area contributed by atoms with Crippen molar-refractivity contribution in [3.63, 3.8) is 0 Å². The Bertz CT molecular complexity index is 756. The lowest BCUT2D eigenvalue weighted by Gasteiger charge is -2.22. The third-order valence-electron chi connectivity index (χ3n) is 4.05. The summed E-state index contributed by atoms with van der Waals surface area (Å²) < 4.78 is 4.06. The molecule has 4 heterocycles. The fraction of sp³-hybridized carbons (Fsp3) is 0.357. The standard InChI is InChI=1S/C14H16N6/c15-7-10-4-5-13-17-18-14(19(13)9-10)11-8-16-20-6-2-1-3-12(11)20/h1-3,6,8,10H,4-5,7,9,15H2. The van der Waals surface area contributed by atoms with E-state index in [0.717, 1.165) is 42.1 Å². The normalized spacial score (nSPS) is 18.4. The fourth-order valence-corrected chi connectivity index (χ4v) is 2.89. The highest BCUT2D eigenvalue weighted by Gasteiger charge is 2.23. The highest BCUT2D eigenvalue weighted by molar-refractivity contribution is 5.75. The van der Waals surface area contributed by atoms with Gasteiger partial charge in [0.2, 0.25) is 0 Å². The topological polar surface area (TPSA) is 74.0 Å². The molecule has 0 saturated heterocycles. The van der Waals surface area contributed by atoms with Crippen LogP contribution in [0.1, 0.15) is 12.2 Å². The first-order chi connectivity index (χ1) is 9.86. The Hall–Kier alpha value is -2.21. The van der Waals surface area contributed by atoms with Crippen molar-refractivity contribution in [1.29, 1.82) is 0 Å². The minimum Gasteiger partial charge on any atom is -0.330 e. The predicted octanol–water partition coefficient (Wildman–Crippen LogP) is 1.11. The van der Waals surface area contributed by atoms with E-state index < -0.39 is 0 Å². The third-order valence-corrected chi connectivity index (χ3v) is 4.05. The van der Waals surface area contributed by atoms with E-state index in [1.54, 1.807) is 0 Å². The minimum atomic E-state index is 0.513. The van der Waals surface area contributed by atoms with Crippen LogP contribution in [-0.2, 0) is 13.0 Å². The van der Waals surface area contributed by atoms with Crippen molar-refractivity contribution < 1.29 is 0 Å². The van der Waals surface area contributed by atoms with Crippen molar-refractivity contribution in [2.75, 3.05) is 6.54 Å². The van der Waals surface area contributed by atoms with Crippen LogP contribution in [0.15, 0.2) is 30.6 Å². The zero-order chi connectivity index (χ0) is 13.5. The summed E-state index contributed by atoms with van der Waals surface area (Å²) in [7, 11) is 0. The maximum absolute atomic E-state index is 5.82. The van der Waals surface area contributed by atoms with E-state index in [2.05, 4.69) is 19.9 Å². The molecule has 20 heavy (non-hydrogen) atoms. The van der Waals surface area contributed by atoms with E-state index in [1.165, 1.54) is 0 Å². The second-order valence-corrected chi connectivity index (χ2v) is 5.28. The smallest absolute Gasteiger partial charge is 0.167 e. The van der Waals surface area contributed by atoms with Gasteiger partial charge >= 0.3 is 0 Å². The fourth-order valence-electron chi connectivity index (χ4n) is 2.89. The zero-order valence-corrected chi connectivity index (χ0v) is 11.1. The van der Waals surface area contributed by atoms with Gasteiger partial charge in [0.15, 0.2) is 5.82 Å². The zero-order valence-electron chi connectivity index (χ0n) is 11.1. The number of aromatic nitrogens is 5. The summed E-state index contributed by atoms with van der Waals surface area (Å²) >= 11 is 0. The molecular weight excluding hydrogens is 252 g/mol. The van der Waals surface area contributed by atoms with Crippen LogP contribution >= 0.6 is 0 Å². The van der Waals surface area contributed by atoms with Crippen molar-refractivity contribution in [3.8, 4) is 11.4 Å². The molecule has 0 radical (unpaired) electrons. The lowest BCUT2D eigenvalue weighted by molar-refractivity contribution is 0.376. The van der Waals surface area contributed by atoms with E-state index in [-0.39, 0.29) is 0 Å². The maximum Gasteiger partial charge on any atom is 0.167 e.